The zero-order valence-corrected chi connectivity index (χ0v) is 14.1. The molecule has 0 aromatic heterocycles. The maximum absolute atomic E-state index is 11.9. The van der Waals surface area contributed by atoms with Crippen LogP contribution in [0.15, 0.2) is 60.7 Å². The van der Waals surface area contributed by atoms with E-state index in [9.17, 15) is 9.59 Å². The maximum atomic E-state index is 11.9. The van der Waals surface area contributed by atoms with Crippen LogP contribution in [-0.4, -0.2) is 24.5 Å². The molecule has 0 aliphatic carbocycles. The first-order valence-electron chi connectivity index (χ1n) is 7.39. The van der Waals surface area contributed by atoms with Crippen LogP contribution in [0.5, 0.6) is 0 Å². The van der Waals surface area contributed by atoms with Crippen molar-refractivity contribution in [1.29, 1.82) is 0 Å². The van der Waals surface area contributed by atoms with Crippen LogP contribution in [0.2, 0.25) is 0 Å². The number of amides is 1. The number of hydrogen-bond acceptors (Lipinski definition) is 5. The fourth-order valence-corrected chi connectivity index (χ4v) is 2.86. The SMILES string of the molecule is COC(=O)C(NC(=O)OCc1ccccc1)SCc1ccccc1. The van der Waals surface area contributed by atoms with Crippen molar-refractivity contribution in [2.24, 2.45) is 0 Å². The molecule has 0 spiro atoms. The van der Waals surface area contributed by atoms with Gasteiger partial charge in [-0.1, -0.05) is 60.7 Å². The molecule has 1 N–H and O–H groups in total. The molecule has 1 amide bonds. The monoisotopic (exact) mass is 345 g/mol. The minimum Gasteiger partial charge on any atom is -0.467 e. The van der Waals surface area contributed by atoms with Crippen molar-refractivity contribution in [3.63, 3.8) is 0 Å². The van der Waals surface area contributed by atoms with E-state index in [1.54, 1.807) is 0 Å². The Morgan fingerprint density at radius 2 is 1.58 bits per heavy atom. The highest BCUT2D eigenvalue weighted by atomic mass is 32.2. The van der Waals surface area contributed by atoms with Crippen LogP contribution in [0.3, 0.4) is 0 Å². The fraction of sp³-hybridized carbons (Fsp3) is 0.222. The number of alkyl carbamates (subject to hydrolysis) is 1. The number of ether oxygens (including phenoxy) is 2. The third kappa shape index (κ3) is 5.96. The van der Waals surface area contributed by atoms with Crippen LogP contribution in [0.1, 0.15) is 11.1 Å². The Labute approximate surface area is 145 Å². The van der Waals surface area contributed by atoms with Gasteiger partial charge < -0.3 is 9.47 Å². The zero-order valence-electron chi connectivity index (χ0n) is 13.3. The lowest BCUT2D eigenvalue weighted by Crippen LogP contribution is -2.39. The minimum absolute atomic E-state index is 0.143. The summed E-state index contributed by atoms with van der Waals surface area (Å²) in [6, 6.07) is 19.0. The number of carbonyl (C=O) groups excluding carboxylic acids is 2. The summed E-state index contributed by atoms with van der Waals surface area (Å²) in [7, 11) is 1.29. The number of carbonyl (C=O) groups is 2. The molecule has 1 unspecified atom stereocenters. The lowest BCUT2D eigenvalue weighted by Gasteiger charge is -2.16. The highest BCUT2D eigenvalue weighted by molar-refractivity contribution is 7.99. The smallest absolute Gasteiger partial charge is 0.408 e. The first-order chi connectivity index (χ1) is 11.7. The molecule has 0 saturated carbocycles. The van der Waals surface area contributed by atoms with Gasteiger partial charge in [0.1, 0.15) is 6.61 Å². The van der Waals surface area contributed by atoms with Gasteiger partial charge in [-0.25, -0.2) is 9.59 Å². The summed E-state index contributed by atoms with van der Waals surface area (Å²) in [5, 5.41) is 1.71. The van der Waals surface area contributed by atoms with Gasteiger partial charge in [0.05, 0.1) is 7.11 Å². The molecule has 2 aromatic carbocycles. The number of methoxy groups -OCH3 is 1. The number of hydrogen-bond donors (Lipinski definition) is 1. The van der Waals surface area contributed by atoms with E-state index < -0.39 is 17.4 Å². The molecular formula is C18H19NO4S. The third-order valence-electron chi connectivity index (χ3n) is 3.14. The van der Waals surface area contributed by atoms with Crippen molar-refractivity contribution in [2.45, 2.75) is 17.7 Å². The van der Waals surface area contributed by atoms with E-state index in [0.717, 1.165) is 11.1 Å². The number of thioether (sulfide) groups is 1. The fourth-order valence-electron chi connectivity index (χ4n) is 1.90. The maximum Gasteiger partial charge on any atom is 0.408 e. The molecule has 2 rings (SSSR count). The highest BCUT2D eigenvalue weighted by Crippen LogP contribution is 2.17. The van der Waals surface area contributed by atoms with E-state index in [1.807, 2.05) is 60.7 Å². The molecule has 2 aromatic rings. The van der Waals surface area contributed by atoms with Crippen LogP contribution in [0, 0.1) is 0 Å². The lowest BCUT2D eigenvalue weighted by atomic mass is 10.2. The molecule has 0 heterocycles. The van der Waals surface area contributed by atoms with Crippen molar-refractivity contribution in [3.8, 4) is 0 Å². The molecule has 24 heavy (non-hydrogen) atoms. The van der Waals surface area contributed by atoms with E-state index >= 15 is 0 Å². The highest BCUT2D eigenvalue weighted by Gasteiger charge is 2.22. The second-order valence-corrected chi connectivity index (χ2v) is 6.00. The number of benzene rings is 2. The Balaban J connectivity index is 1.85. The average molecular weight is 345 g/mol. The van der Waals surface area contributed by atoms with Gasteiger partial charge in [-0.15, -0.1) is 11.8 Å². The molecule has 0 fully saturated rings. The van der Waals surface area contributed by atoms with Crippen LogP contribution < -0.4 is 5.32 Å². The summed E-state index contributed by atoms with van der Waals surface area (Å²) in [5.41, 5.74) is 1.93. The minimum atomic E-state index is -0.821. The Morgan fingerprint density at radius 3 is 2.17 bits per heavy atom. The Kier molecular flexibility index (Phi) is 7.17. The normalized spacial score (nSPS) is 11.4. The summed E-state index contributed by atoms with van der Waals surface area (Å²) < 4.78 is 9.87. The van der Waals surface area contributed by atoms with Gasteiger partial charge in [-0.2, -0.15) is 0 Å². The van der Waals surface area contributed by atoms with Crippen LogP contribution in [0.25, 0.3) is 0 Å². The molecule has 126 valence electrons. The van der Waals surface area contributed by atoms with Gasteiger partial charge in [-0.3, -0.25) is 5.32 Å². The predicted octanol–water partition coefficient (Wildman–Crippen LogP) is 3.35. The van der Waals surface area contributed by atoms with Crippen LogP contribution >= 0.6 is 11.8 Å². The number of nitrogens with one attached hydrogen (secondary N) is 1. The average Bonchev–Trinajstić information content (AvgIpc) is 2.64. The molecule has 0 aliphatic heterocycles. The van der Waals surface area contributed by atoms with Crippen molar-refractivity contribution >= 4 is 23.8 Å². The first-order valence-corrected chi connectivity index (χ1v) is 8.44. The predicted molar refractivity (Wildman–Crippen MR) is 93.3 cm³/mol. The molecule has 6 heteroatoms. The molecular weight excluding hydrogens is 326 g/mol. The van der Waals surface area contributed by atoms with Crippen molar-refractivity contribution in [2.75, 3.05) is 7.11 Å². The second-order valence-electron chi connectivity index (χ2n) is 4.91. The van der Waals surface area contributed by atoms with Crippen molar-refractivity contribution in [1.82, 2.24) is 5.32 Å². The van der Waals surface area contributed by atoms with E-state index in [4.69, 9.17) is 9.47 Å². The summed E-state index contributed by atoms with van der Waals surface area (Å²) >= 11 is 1.27. The Bertz CT molecular complexity index is 649. The molecule has 0 radical (unpaired) electrons. The van der Waals surface area contributed by atoms with Crippen LogP contribution in [-0.2, 0) is 26.6 Å². The largest absolute Gasteiger partial charge is 0.467 e. The van der Waals surface area contributed by atoms with E-state index in [1.165, 1.54) is 18.9 Å². The van der Waals surface area contributed by atoms with Crippen molar-refractivity contribution < 1.29 is 19.1 Å². The Morgan fingerprint density at radius 1 is 1.00 bits per heavy atom. The molecule has 0 saturated heterocycles. The van der Waals surface area contributed by atoms with Gasteiger partial charge >= 0.3 is 12.1 Å². The van der Waals surface area contributed by atoms with Gasteiger partial charge in [0.2, 0.25) is 0 Å². The van der Waals surface area contributed by atoms with E-state index in [0.29, 0.717) is 5.75 Å². The van der Waals surface area contributed by atoms with Gasteiger partial charge in [0.25, 0.3) is 0 Å². The van der Waals surface area contributed by atoms with Crippen molar-refractivity contribution in [3.05, 3.63) is 71.8 Å². The van der Waals surface area contributed by atoms with E-state index in [2.05, 4.69) is 5.32 Å². The molecule has 0 bridgehead atoms. The first kappa shape index (κ1) is 17.9. The molecule has 5 nitrogen and oxygen atoms in total. The van der Waals surface area contributed by atoms with Gasteiger partial charge in [-0.05, 0) is 11.1 Å². The molecule has 0 aliphatic rings. The summed E-state index contributed by atoms with van der Waals surface area (Å²) in [6.45, 7) is 0.143. The summed E-state index contributed by atoms with van der Waals surface area (Å²) in [4.78, 5) is 23.7. The van der Waals surface area contributed by atoms with Gasteiger partial charge in [0.15, 0.2) is 5.37 Å². The second kappa shape index (κ2) is 9.62. The quantitative estimate of drug-likeness (QED) is 0.616. The van der Waals surface area contributed by atoms with Gasteiger partial charge in [0, 0.05) is 5.75 Å². The Hall–Kier alpha value is -2.47. The topological polar surface area (TPSA) is 64.6 Å². The standard InChI is InChI=1S/C18H19NO4S/c1-22-17(20)16(24-13-15-10-6-3-7-11-15)19-18(21)23-12-14-8-4-2-5-9-14/h2-11,16H,12-13H2,1H3,(H,19,21). The molecule has 1 atom stereocenters. The zero-order chi connectivity index (χ0) is 17.2. The number of rotatable bonds is 7. The summed E-state index contributed by atoms with van der Waals surface area (Å²) in [5.74, 6) is 0.0483. The van der Waals surface area contributed by atoms with E-state index in [-0.39, 0.29) is 6.61 Å². The lowest BCUT2D eigenvalue weighted by molar-refractivity contribution is -0.140. The number of esters is 1. The third-order valence-corrected chi connectivity index (χ3v) is 4.28. The summed E-state index contributed by atoms with van der Waals surface area (Å²) in [6.07, 6.45) is -0.658. The van der Waals surface area contributed by atoms with Crippen LogP contribution in [0.4, 0.5) is 4.79 Å².